The summed E-state index contributed by atoms with van der Waals surface area (Å²) in [5, 5.41) is 46.3. The van der Waals surface area contributed by atoms with Crippen LogP contribution in [0.5, 0.6) is 28.7 Å². The van der Waals surface area contributed by atoms with E-state index in [1.807, 2.05) is 12.1 Å². The fourth-order valence-electron chi connectivity index (χ4n) is 16.7. The number of phenolic OH excluding ortho intramolecular Hbond substituents is 1. The molecule has 0 aromatic heterocycles. The third-order valence-electron chi connectivity index (χ3n) is 21.9. The van der Waals surface area contributed by atoms with Gasteiger partial charge in [0.1, 0.15) is 30.0 Å². The number of aliphatic hydroxyl groups is 2. The molecular weight excluding hydrogens is 1350 g/mol. The van der Waals surface area contributed by atoms with Gasteiger partial charge in [0.05, 0.1) is 68.8 Å². The van der Waals surface area contributed by atoms with E-state index in [9.17, 15) is 53.7 Å². The topological polar surface area (TPSA) is 352 Å². The number of cyclic esters (lactones) is 1. The summed E-state index contributed by atoms with van der Waals surface area (Å²) < 4.78 is 66.3. The van der Waals surface area contributed by atoms with Crippen molar-refractivity contribution in [2.24, 2.45) is 28.6 Å². The summed E-state index contributed by atoms with van der Waals surface area (Å²) >= 11 is 0. The van der Waals surface area contributed by atoms with Gasteiger partial charge in [-0.1, -0.05) is 80.6 Å². The van der Waals surface area contributed by atoms with Crippen LogP contribution in [0.15, 0.2) is 151 Å². The first kappa shape index (κ1) is 71.6. The lowest BCUT2D eigenvalue weighted by Gasteiger charge is -2.67. The Hall–Kier alpha value is -10.8. The molecular formula is C78H79N3O23. The van der Waals surface area contributed by atoms with Crippen LogP contribution >= 0.6 is 0 Å². The second kappa shape index (κ2) is 28.1. The molecule has 13 rings (SSSR count). The van der Waals surface area contributed by atoms with E-state index < -0.39 is 167 Å². The van der Waals surface area contributed by atoms with Crippen LogP contribution in [0.3, 0.4) is 0 Å². The predicted octanol–water partition coefficient (Wildman–Crippen LogP) is 7.65. The Morgan fingerprint density at radius 3 is 1.93 bits per heavy atom. The van der Waals surface area contributed by atoms with E-state index in [0.29, 0.717) is 28.3 Å². The second-order valence-electron chi connectivity index (χ2n) is 27.9. The number of carbonyl (C=O) groups is 9. The minimum atomic E-state index is -2.57. The lowest BCUT2D eigenvalue weighted by molar-refractivity contribution is -0.346. The summed E-state index contributed by atoms with van der Waals surface area (Å²) in [6.45, 7) is 7.37. The smallest absolute Gasteiger partial charge is 0.338 e. The van der Waals surface area contributed by atoms with E-state index >= 15 is 4.79 Å². The van der Waals surface area contributed by atoms with E-state index in [2.05, 4.69) is 16.0 Å². The van der Waals surface area contributed by atoms with Gasteiger partial charge in [-0.3, -0.25) is 33.6 Å². The van der Waals surface area contributed by atoms with Crippen molar-refractivity contribution in [1.82, 2.24) is 10.6 Å². The number of hydrogen-bond acceptors (Lipinski definition) is 24. The number of phenols is 1. The predicted molar refractivity (Wildman–Crippen MR) is 365 cm³/mol. The van der Waals surface area contributed by atoms with E-state index in [1.54, 1.807) is 115 Å². The molecule has 15 atom stereocenters. The van der Waals surface area contributed by atoms with Gasteiger partial charge >= 0.3 is 35.8 Å². The first-order valence-corrected chi connectivity index (χ1v) is 34.1. The third kappa shape index (κ3) is 12.5. The fraction of sp³-hybridized carbons (Fsp3) is 0.397. The van der Waals surface area contributed by atoms with Gasteiger partial charge in [0.15, 0.2) is 46.6 Å². The second-order valence-corrected chi connectivity index (χ2v) is 27.9. The number of Topliss-reactive ketones (excluding diaryl/α,β-unsaturated/α-hetero) is 1. The van der Waals surface area contributed by atoms with Gasteiger partial charge in [-0.15, -0.1) is 0 Å². The highest BCUT2D eigenvalue weighted by atomic mass is 16.7. The molecule has 6 aromatic rings. The van der Waals surface area contributed by atoms with E-state index in [1.165, 1.54) is 54.0 Å². The largest absolute Gasteiger partial charge is 0.502 e. The number of aromatic hydroxyl groups is 1. The van der Waals surface area contributed by atoms with Crippen LogP contribution < -0.4 is 34.9 Å². The molecule has 104 heavy (non-hydrogen) atoms. The van der Waals surface area contributed by atoms with E-state index in [4.69, 9.17) is 52.1 Å². The van der Waals surface area contributed by atoms with Crippen molar-refractivity contribution >= 4 is 59.1 Å². The summed E-state index contributed by atoms with van der Waals surface area (Å²) in [6, 6.07) is 35.5. The molecule has 3 heterocycles. The SMILES string of the molecule is COc1cc([C@@H]2c3cc4c(cc3[C@@H](Nc3ccc(C(=O)NCCC(=O)O[C@H]5C[C@H]6OC[C@@]6(OC(C)=O)[C@H]6[C@H](OC(=O)c7ccccc7)[C@]7(O)C[C@H](OC(=O)[C@H](O)[C@@H](NC(=O)c8ccccc8)c8ccccc8)C(C)=C([C@@H](OC(C)=O)C(=O)[C@]56C)C7(C)C)cc3)[C@H]3COC(=O)[C@H]23)OCO4)cc(OC)c1O. The number of aliphatic hydroxyl groups excluding tert-OH is 1. The van der Waals surface area contributed by atoms with Crippen LogP contribution in [-0.2, 0) is 61.9 Å². The first-order valence-electron chi connectivity index (χ1n) is 34.1. The number of carbonyl (C=O) groups excluding carboxylic acids is 9. The molecule has 26 nitrogen and oxygen atoms in total. The van der Waals surface area contributed by atoms with Gasteiger partial charge in [0.25, 0.3) is 11.8 Å². The summed E-state index contributed by atoms with van der Waals surface area (Å²) in [6.07, 6.45) is -12.1. The van der Waals surface area contributed by atoms with Crippen molar-refractivity contribution in [3.05, 3.63) is 190 Å². The van der Waals surface area contributed by atoms with Gasteiger partial charge in [0, 0.05) is 67.3 Å². The maximum absolute atomic E-state index is 16.6. The Labute approximate surface area is 597 Å². The third-order valence-corrected chi connectivity index (χ3v) is 21.9. The average Bonchev–Trinajstić information content (AvgIpc) is 0.834. The molecule has 2 saturated heterocycles. The van der Waals surface area contributed by atoms with Gasteiger partial charge in [-0.25, -0.2) is 9.59 Å². The van der Waals surface area contributed by atoms with Gasteiger partial charge in [-0.2, -0.15) is 0 Å². The van der Waals surface area contributed by atoms with Crippen molar-refractivity contribution < 1.29 is 111 Å². The lowest BCUT2D eigenvalue weighted by Crippen LogP contribution is -2.82. The van der Waals surface area contributed by atoms with Gasteiger partial charge < -0.3 is 83.4 Å². The number of nitrogens with one attached hydrogen (secondary N) is 3. The van der Waals surface area contributed by atoms with Crippen LogP contribution in [0.4, 0.5) is 5.69 Å². The number of ether oxygens (including phenoxy) is 11. The van der Waals surface area contributed by atoms with Crippen LogP contribution in [0, 0.1) is 28.6 Å². The minimum absolute atomic E-state index is 0.0150. The molecule has 4 aliphatic carbocycles. The van der Waals surface area contributed by atoms with Crippen LogP contribution in [0.1, 0.15) is 132 Å². The summed E-state index contributed by atoms with van der Waals surface area (Å²) in [5.41, 5.74) is -5.28. The number of ketones is 1. The Balaban J connectivity index is 0.787. The molecule has 0 radical (unpaired) electrons. The quantitative estimate of drug-likeness (QED) is 0.0243. The number of esters is 6. The molecule has 26 heteroatoms. The number of methoxy groups -OCH3 is 2. The number of hydrogen-bond donors (Lipinski definition) is 6. The highest BCUT2D eigenvalue weighted by molar-refractivity contribution is 5.97. The molecule has 0 spiro atoms. The highest BCUT2D eigenvalue weighted by Gasteiger charge is 2.79. The van der Waals surface area contributed by atoms with Crippen LogP contribution in [0.25, 0.3) is 0 Å². The summed E-state index contributed by atoms with van der Waals surface area (Å²) in [5.74, 6) is -10.2. The van der Waals surface area contributed by atoms with Crippen LogP contribution in [-0.4, -0.2) is 157 Å². The maximum atomic E-state index is 16.6. The summed E-state index contributed by atoms with van der Waals surface area (Å²) in [7, 11) is 2.83. The van der Waals surface area contributed by atoms with Crippen molar-refractivity contribution in [3.8, 4) is 28.7 Å². The monoisotopic (exact) mass is 1430 g/mol. The molecule has 2 bridgehead atoms. The van der Waals surface area contributed by atoms with Crippen molar-refractivity contribution in [2.45, 2.75) is 127 Å². The minimum Gasteiger partial charge on any atom is -0.502 e. The fourth-order valence-corrected chi connectivity index (χ4v) is 16.7. The average molecular weight is 1430 g/mol. The zero-order chi connectivity index (χ0) is 73.9. The number of rotatable bonds is 20. The standard InChI is InChI=1S/C78H79N3O23/c1-39-55(101-74(92)65(86)62(42-18-12-9-13-19-42)81-71(89)43-20-14-10-15-21-43)35-78(93)69(103-72(90)45-22-16-11-17-23-45)67-76(6,68(87)66(100-40(2)82)61(39)75(78,4)5)56(34-57-77(67,37-97-57)104-41(3)83)102-58(84)28-29-79-70(88)44-24-26-47(27-25-44)80-63-49-33-52-51(98-38-99-52)32-48(49)59(60-50(63)36-96-73(60)91)46-30-53(94-7)64(85)54(31-46)95-8/h9-27,30-33,50,55-57,59-60,62-63,65-67,69,80,85-86,93H,28-29,34-38H2,1-8H3,(H,79,88)(H,81,89)/t50-,55-,56-,57+,59+,60-,62-,63+,65+,66+,67-,69-,76+,77-,78+/m0/s1. The molecule has 6 N–H and O–H groups in total. The zero-order valence-corrected chi connectivity index (χ0v) is 58.2. The molecule has 0 unspecified atom stereocenters. The highest BCUT2D eigenvalue weighted by Crippen LogP contribution is 2.65. The van der Waals surface area contributed by atoms with Crippen LogP contribution in [0.2, 0.25) is 0 Å². The molecule has 2 amide bonds. The molecule has 7 aliphatic rings. The number of amides is 2. The normalized spacial score (nSPS) is 27.8. The Bertz CT molecular complexity index is 4410. The number of anilines is 1. The Morgan fingerprint density at radius 2 is 1.33 bits per heavy atom. The molecule has 2 saturated carbocycles. The van der Waals surface area contributed by atoms with E-state index in [-0.39, 0.29) is 71.5 Å². The Kier molecular flexibility index (Phi) is 19.3. The van der Waals surface area contributed by atoms with E-state index in [0.717, 1.165) is 25.0 Å². The van der Waals surface area contributed by atoms with Gasteiger partial charge in [0.2, 0.25) is 12.5 Å². The van der Waals surface area contributed by atoms with Crippen molar-refractivity contribution in [2.75, 3.05) is 46.1 Å². The molecule has 544 valence electrons. The number of fused-ring (bicyclic) bond motifs is 8. The van der Waals surface area contributed by atoms with Crippen molar-refractivity contribution in [1.29, 1.82) is 0 Å². The lowest BCUT2D eigenvalue weighted by atomic mass is 9.44. The summed E-state index contributed by atoms with van der Waals surface area (Å²) in [4.78, 5) is 130. The zero-order valence-electron chi connectivity index (χ0n) is 58.2. The Morgan fingerprint density at radius 1 is 0.712 bits per heavy atom. The van der Waals surface area contributed by atoms with Crippen molar-refractivity contribution in [3.63, 3.8) is 0 Å². The molecule has 6 aromatic carbocycles. The van der Waals surface area contributed by atoms with Gasteiger partial charge in [-0.05, 0) is 120 Å². The number of benzene rings is 6. The molecule has 4 fully saturated rings. The first-order chi connectivity index (χ1) is 49.7. The maximum Gasteiger partial charge on any atom is 0.338 e. The molecule has 3 aliphatic heterocycles.